The number of carbonyl (C=O) groups excluding carboxylic acids is 1. The molecule has 3 rings (SSSR count). The van der Waals surface area contributed by atoms with Gasteiger partial charge in [0.2, 0.25) is 0 Å². The highest BCUT2D eigenvalue weighted by molar-refractivity contribution is 5.97. The molecule has 7 heteroatoms. The number of para-hydroxylation sites is 1. The van der Waals surface area contributed by atoms with Crippen LogP contribution >= 0.6 is 0 Å². The number of benzene rings is 1. The quantitative estimate of drug-likeness (QED) is 0.644. The minimum absolute atomic E-state index is 0.0883. The van der Waals surface area contributed by atoms with Gasteiger partial charge in [-0.2, -0.15) is 5.10 Å². The largest absolute Gasteiger partial charge is 0.308 e. The Morgan fingerprint density at radius 2 is 2.17 bits per heavy atom. The minimum Gasteiger partial charge on any atom is -0.308 e. The van der Waals surface area contributed by atoms with E-state index in [0.29, 0.717) is 0 Å². The normalized spacial score (nSPS) is 18.3. The van der Waals surface area contributed by atoms with Gasteiger partial charge in [0.25, 0.3) is 5.91 Å². The molecule has 0 N–H and O–H groups in total. The van der Waals surface area contributed by atoms with Crippen molar-refractivity contribution in [1.82, 2.24) is 9.78 Å². The predicted molar refractivity (Wildman–Crippen MR) is 85.3 cm³/mol. The van der Waals surface area contributed by atoms with E-state index in [0.717, 1.165) is 30.3 Å². The van der Waals surface area contributed by atoms with Gasteiger partial charge in [-0.05, 0) is 38.3 Å². The number of nitro groups is 1. The van der Waals surface area contributed by atoms with Gasteiger partial charge in [0.15, 0.2) is 0 Å². The number of fused-ring (bicyclic) bond motifs is 1. The van der Waals surface area contributed by atoms with Gasteiger partial charge in [-0.1, -0.05) is 18.2 Å². The van der Waals surface area contributed by atoms with Crippen molar-refractivity contribution in [3.63, 3.8) is 0 Å². The smallest absolute Gasteiger partial charge is 0.307 e. The van der Waals surface area contributed by atoms with E-state index >= 15 is 0 Å². The summed E-state index contributed by atoms with van der Waals surface area (Å²) in [5, 5.41) is 14.7. The van der Waals surface area contributed by atoms with Crippen LogP contribution in [0.1, 0.15) is 31.9 Å². The molecule has 2 aromatic rings. The molecule has 0 saturated carbocycles. The number of nitrogens with zero attached hydrogens (tertiary/aromatic N) is 4. The SMILES string of the molecule is C[C@H]1CCc2ccccc2N1C(=O)[C@H](C)n1cc([N+](=O)[O-])cn1. The highest BCUT2D eigenvalue weighted by Crippen LogP contribution is 2.32. The average Bonchev–Trinajstić information content (AvgIpc) is 3.03. The molecule has 0 aliphatic carbocycles. The van der Waals surface area contributed by atoms with Crippen molar-refractivity contribution in [2.24, 2.45) is 0 Å². The Morgan fingerprint density at radius 3 is 2.87 bits per heavy atom. The van der Waals surface area contributed by atoms with Crippen LogP contribution < -0.4 is 4.90 Å². The van der Waals surface area contributed by atoms with Crippen LogP contribution in [-0.4, -0.2) is 26.7 Å². The number of rotatable bonds is 3. The van der Waals surface area contributed by atoms with E-state index in [1.165, 1.54) is 10.9 Å². The first-order valence-corrected chi connectivity index (χ1v) is 7.58. The second-order valence-electron chi connectivity index (χ2n) is 5.84. The standard InChI is InChI=1S/C16H18N4O3/c1-11-7-8-13-5-3-4-6-15(13)19(11)16(21)12(2)18-10-14(9-17-18)20(22)23/h3-6,9-12H,7-8H2,1-2H3/t11-,12-/m0/s1. The molecule has 0 saturated heterocycles. The Hall–Kier alpha value is -2.70. The van der Waals surface area contributed by atoms with Gasteiger partial charge >= 0.3 is 5.69 Å². The fraction of sp³-hybridized carbons (Fsp3) is 0.375. The zero-order chi connectivity index (χ0) is 16.6. The summed E-state index contributed by atoms with van der Waals surface area (Å²) in [4.78, 5) is 25.0. The Balaban J connectivity index is 1.91. The maximum atomic E-state index is 12.9. The fourth-order valence-corrected chi connectivity index (χ4v) is 2.97. The van der Waals surface area contributed by atoms with E-state index in [4.69, 9.17) is 0 Å². The number of amides is 1. The summed E-state index contributed by atoms with van der Waals surface area (Å²) >= 11 is 0. The van der Waals surface area contributed by atoms with Crippen molar-refractivity contribution in [2.45, 2.75) is 38.8 Å². The summed E-state index contributed by atoms with van der Waals surface area (Å²) in [6.07, 6.45) is 4.30. The lowest BCUT2D eigenvalue weighted by atomic mass is 9.96. The van der Waals surface area contributed by atoms with Gasteiger partial charge in [-0.15, -0.1) is 0 Å². The van der Waals surface area contributed by atoms with Crippen LogP contribution in [0.5, 0.6) is 0 Å². The van der Waals surface area contributed by atoms with E-state index in [1.807, 2.05) is 31.2 Å². The monoisotopic (exact) mass is 314 g/mol. The third kappa shape index (κ3) is 2.69. The second kappa shape index (κ2) is 5.83. The first kappa shape index (κ1) is 15.2. The highest BCUT2D eigenvalue weighted by Gasteiger charge is 2.32. The minimum atomic E-state index is -0.600. The van der Waals surface area contributed by atoms with Gasteiger partial charge in [-0.3, -0.25) is 19.6 Å². The van der Waals surface area contributed by atoms with Crippen LogP contribution in [0.15, 0.2) is 36.7 Å². The third-order valence-corrected chi connectivity index (χ3v) is 4.31. The van der Waals surface area contributed by atoms with Crippen molar-refractivity contribution in [3.8, 4) is 0 Å². The van der Waals surface area contributed by atoms with E-state index in [9.17, 15) is 14.9 Å². The molecule has 1 amide bonds. The molecule has 1 aromatic carbocycles. The van der Waals surface area contributed by atoms with E-state index in [2.05, 4.69) is 5.10 Å². The molecule has 1 aliphatic heterocycles. The molecule has 0 spiro atoms. The zero-order valence-corrected chi connectivity index (χ0v) is 13.0. The molecule has 2 atom stereocenters. The summed E-state index contributed by atoms with van der Waals surface area (Å²) in [5.74, 6) is -0.109. The molecule has 120 valence electrons. The van der Waals surface area contributed by atoms with Crippen LogP contribution in [0.25, 0.3) is 0 Å². The molecule has 1 aliphatic rings. The number of carbonyl (C=O) groups is 1. The van der Waals surface area contributed by atoms with Gasteiger partial charge in [0.1, 0.15) is 18.4 Å². The number of hydrogen-bond acceptors (Lipinski definition) is 4. The molecule has 1 aromatic heterocycles. The molecule has 2 heterocycles. The van der Waals surface area contributed by atoms with E-state index in [-0.39, 0.29) is 17.6 Å². The van der Waals surface area contributed by atoms with E-state index in [1.54, 1.807) is 11.8 Å². The molecule has 0 radical (unpaired) electrons. The van der Waals surface area contributed by atoms with Crippen molar-refractivity contribution >= 4 is 17.3 Å². The summed E-state index contributed by atoms with van der Waals surface area (Å²) in [5.41, 5.74) is 1.96. The first-order chi connectivity index (χ1) is 11.0. The number of hydrogen-bond donors (Lipinski definition) is 0. The van der Waals surface area contributed by atoms with Crippen molar-refractivity contribution in [3.05, 3.63) is 52.3 Å². The Bertz CT molecular complexity index is 755. The first-order valence-electron chi connectivity index (χ1n) is 7.58. The van der Waals surface area contributed by atoms with Gasteiger partial charge in [0.05, 0.1) is 4.92 Å². The summed E-state index contributed by atoms with van der Waals surface area (Å²) < 4.78 is 1.35. The fourth-order valence-electron chi connectivity index (χ4n) is 2.97. The molecular weight excluding hydrogens is 296 g/mol. The molecule has 23 heavy (non-hydrogen) atoms. The lowest BCUT2D eigenvalue weighted by molar-refractivity contribution is -0.385. The lowest BCUT2D eigenvalue weighted by Gasteiger charge is -2.36. The van der Waals surface area contributed by atoms with Crippen molar-refractivity contribution < 1.29 is 9.72 Å². The molecule has 7 nitrogen and oxygen atoms in total. The Kier molecular flexibility index (Phi) is 3.85. The zero-order valence-electron chi connectivity index (χ0n) is 13.0. The lowest BCUT2D eigenvalue weighted by Crippen LogP contribution is -2.45. The molecule has 0 unspecified atom stereocenters. The Morgan fingerprint density at radius 1 is 1.43 bits per heavy atom. The van der Waals surface area contributed by atoms with Crippen LogP contribution in [0.2, 0.25) is 0 Å². The highest BCUT2D eigenvalue weighted by atomic mass is 16.6. The maximum absolute atomic E-state index is 12.9. The third-order valence-electron chi connectivity index (χ3n) is 4.31. The van der Waals surface area contributed by atoms with Crippen molar-refractivity contribution in [1.29, 1.82) is 0 Å². The van der Waals surface area contributed by atoms with Gasteiger partial charge < -0.3 is 4.90 Å². The molecular formula is C16H18N4O3. The number of anilines is 1. The topological polar surface area (TPSA) is 81.3 Å². The van der Waals surface area contributed by atoms with Crippen LogP contribution in [0.4, 0.5) is 11.4 Å². The number of aryl methyl sites for hydroxylation is 1. The van der Waals surface area contributed by atoms with Gasteiger partial charge in [-0.25, -0.2) is 0 Å². The maximum Gasteiger partial charge on any atom is 0.307 e. The summed E-state index contributed by atoms with van der Waals surface area (Å²) in [6.45, 7) is 3.73. The average molecular weight is 314 g/mol. The van der Waals surface area contributed by atoms with E-state index < -0.39 is 11.0 Å². The van der Waals surface area contributed by atoms with Crippen LogP contribution in [0.3, 0.4) is 0 Å². The second-order valence-corrected chi connectivity index (χ2v) is 5.84. The molecule has 0 bridgehead atoms. The summed E-state index contributed by atoms with van der Waals surface area (Å²) in [7, 11) is 0. The van der Waals surface area contributed by atoms with Crippen molar-refractivity contribution in [2.75, 3.05) is 4.90 Å². The van der Waals surface area contributed by atoms with Gasteiger partial charge in [0, 0.05) is 11.7 Å². The van der Waals surface area contributed by atoms with Crippen LogP contribution in [0, 0.1) is 10.1 Å². The predicted octanol–water partition coefficient (Wildman–Crippen LogP) is 2.72. The Labute approximate surface area is 133 Å². The molecule has 0 fully saturated rings. The van der Waals surface area contributed by atoms with Crippen LogP contribution in [-0.2, 0) is 11.2 Å². The number of aromatic nitrogens is 2. The summed E-state index contributed by atoms with van der Waals surface area (Å²) in [6, 6.07) is 7.35.